The lowest BCUT2D eigenvalue weighted by molar-refractivity contribution is 0.524. The number of fused-ring (bicyclic) bond motifs is 1. The fraction of sp³-hybridized carbons (Fsp3) is 0.0667. The predicted molar refractivity (Wildman–Crippen MR) is 73.6 cm³/mol. The van der Waals surface area contributed by atoms with E-state index >= 15 is 0 Å². The Balaban J connectivity index is 2.12. The lowest BCUT2D eigenvalue weighted by Crippen LogP contribution is -1.94. The molecule has 0 saturated heterocycles. The van der Waals surface area contributed by atoms with Gasteiger partial charge in [0.2, 0.25) is 0 Å². The topological polar surface area (TPSA) is 61.9 Å². The molecule has 1 heterocycles. The van der Waals surface area contributed by atoms with Gasteiger partial charge in [0.25, 0.3) is 0 Å². The van der Waals surface area contributed by atoms with Crippen molar-refractivity contribution < 1.29 is 4.42 Å². The molecule has 0 N–H and O–H groups in total. The number of furan rings is 1. The van der Waals surface area contributed by atoms with E-state index in [4.69, 9.17) is 9.95 Å². The molecular formula is C15H11N3O. The Bertz CT molecular complexity index is 709. The number of hydrogen-bond donors (Lipinski definition) is 0. The van der Waals surface area contributed by atoms with E-state index in [1.165, 1.54) is 0 Å². The highest BCUT2D eigenvalue weighted by molar-refractivity contribution is 5.77. The normalized spacial score (nSPS) is 12.0. The van der Waals surface area contributed by atoms with Gasteiger partial charge in [0.15, 0.2) is 0 Å². The first kappa shape index (κ1) is 11.4. The van der Waals surface area contributed by atoms with Crippen LogP contribution >= 0.6 is 0 Å². The molecule has 0 fully saturated rings. The summed E-state index contributed by atoms with van der Waals surface area (Å²) < 4.78 is 5.77. The SMILES string of the molecule is [N-]=[N+]=NC(c1ccccc1)c1cc2ccccc2o1. The highest BCUT2D eigenvalue weighted by Crippen LogP contribution is 2.30. The Labute approximate surface area is 109 Å². The zero-order valence-electron chi connectivity index (χ0n) is 10.1. The van der Waals surface area contributed by atoms with Crippen molar-refractivity contribution in [2.45, 2.75) is 6.04 Å². The van der Waals surface area contributed by atoms with Gasteiger partial charge in [-0.1, -0.05) is 53.6 Å². The minimum absolute atomic E-state index is 0.432. The minimum Gasteiger partial charge on any atom is -0.460 e. The van der Waals surface area contributed by atoms with E-state index in [0.717, 1.165) is 16.5 Å². The Morgan fingerprint density at radius 2 is 1.74 bits per heavy atom. The first-order chi connectivity index (χ1) is 9.38. The van der Waals surface area contributed by atoms with E-state index in [-0.39, 0.29) is 0 Å². The number of hydrogen-bond acceptors (Lipinski definition) is 2. The van der Waals surface area contributed by atoms with Gasteiger partial charge in [-0.2, -0.15) is 0 Å². The van der Waals surface area contributed by atoms with Crippen molar-refractivity contribution in [3.8, 4) is 0 Å². The monoisotopic (exact) mass is 249 g/mol. The average molecular weight is 249 g/mol. The van der Waals surface area contributed by atoms with Crippen LogP contribution in [0.2, 0.25) is 0 Å². The Hall–Kier alpha value is -2.71. The molecule has 0 saturated carbocycles. The molecule has 0 aliphatic carbocycles. The number of para-hydroxylation sites is 1. The van der Waals surface area contributed by atoms with Gasteiger partial charge in [-0.15, -0.1) is 0 Å². The summed E-state index contributed by atoms with van der Waals surface area (Å²) in [5.41, 5.74) is 10.5. The minimum atomic E-state index is -0.432. The Morgan fingerprint density at radius 1 is 1.00 bits per heavy atom. The first-order valence-corrected chi connectivity index (χ1v) is 5.96. The highest BCUT2D eigenvalue weighted by Gasteiger charge is 2.16. The predicted octanol–water partition coefficient (Wildman–Crippen LogP) is 4.83. The molecule has 1 unspecified atom stereocenters. The third-order valence-electron chi connectivity index (χ3n) is 3.00. The van der Waals surface area contributed by atoms with Crippen LogP contribution in [0.1, 0.15) is 17.4 Å². The fourth-order valence-corrected chi connectivity index (χ4v) is 2.11. The van der Waals surface area contributed by atoms with Gasteiger partial charge < -0.3 is 4.42 Å². The molecule has 3 rings (SSSR count). The van der Waals surface area contributed by atoms with Crippen molar-refractivity contribution in [3.05, 3.63) is 82.4 Å². The molecule has 0 radical (unpaired) electrons. The van der Waals surface area contributed by atoms with Gasteiger partial charge in [-0.3, -0.25) is 0 Å². The summed E-state index contributed by atoms with van der Waals surface area (Å²) in [5, 5.41) is 4.85. The van der Waals surface area contributed by atoms with Crippen LogP contribution in [0.25, 0.3) is 21.4 Å². The third-order valence-corrected chi connectivity index (χ3v) is 3.00. The lowest BCUT2D eigenvalue weighted by atomic mass is 10.1. The fourth-order valence-electron chi connectivity index (χ4n) is 2.11. The second-order valence-electron chi connectivity index (χ2n) is 4.20. The summed E-state index contributed by atoms with van der Waals surface area (Å²) in [7, 11) is 0. The molecule has 3 aromatic rings. The second kappa shape index (κ2) is 4.88. The van der Waals surface area contributed by atoms with Gasteiger partial charge in [-0.25, -0.2) is 0 Å². The molecule has 0 amide bonds. The number of azide groups is 1. The number of benzene rings is 2. The van der Waals surface area contributed by atoms with E-state index < -0.39 is 6.04 Å². The lowest BCUT2D eigenvalue weighted by Gasteiger charge is -2.07. The van der Waals surface area contributed by atoms with Crippen LogP contribution in [0.3, 0.4) is 0 Å². The molecule has 2 aromatic carbocycles. The maximum Gasteiger partial charge on any atom is 0.134 e. The van der Waals surface area contributed by atoms with E-state index in [1.54, 1.807) is 0 Å². The van der Waals surface area contributed by atoms with Crippen LogP contribution in [0.5, 0.6) is 0 Å². The second-order valence-corrected chi connectivity index (χ2v) is 4.20. The summed E-state index contributed by atoms with van der Waals surface area (Å²) >= 11 is 0. The molecule has 4 nitrogen and oxygen atoms in total. The molecular weight excluding hydrogens is 238 g/mol. The Kier molecular flexibility index (Phi) is 2.93. The molecule has 1 atom stereocenters. The highest BCUT2D eigenvalue weighted by atomic mass is 16.3. The Morgan fingerprint density at radius 3 is 2.47 bits per heavy atom. The molecule has 0 bridgehead atoms. The summed E-state index contributed by atoms with van der Waals surface area (Å²) in [6.45, 7) is 0. The quantitative estimate of drug-likeness (QED) is 0.372. The molecule has 0 spiro atoms. The summed E-state index contributed by atoms with van der Waals surface area (Å²) in [6, 6.07) is 18.8. The molecule has 0 aliphatic heterocycles. The van der Waals surface area contributed by atoms with Gasteiger partial charge in [0.1, 0.15) is 17.4 Å². The summed E-state index contributed by atoms with van der Waals surface area (Å²) in [5.74, 6) is 0.658. The van der Waals surface area contributed by atoms with Crippen LogP contribution in [-0.2, 0) is 0 Å². The molecule has 4 heteroatoms. The zero-order valence-corrected chi connectivity index (χ0v) is 10.1. The van der Waals surface area contributed by atoms with Crippen molar-refractivity contribution in [1.29, 1.82) is 0 Å². The number of rotatable bonds is 3. The van der Waals surface area contributed by atoms with Crippen LogP contribution < -0.4 is 0 Å². The van der Waals surface area contributed by atoms with Gasteiger partial charge in [0, 0.05) is 10.3 Å². The zero-order chi connectivity index (χ0) is 13.1. The van der Waals surface area contributed by atoms with E-state index in [9.17, 15) is 0 Å². The van der Waals surface area contributed by atoms with Crippen LogP contribution in [0.4, 0.5) is 0 Å². The molecule has 0 aliphatic rings. The largest absolute Gasteiger partial charge is 0.460 e. The van der Waals surface area contributed by atoms with Crippen molar-refractivity contribution in [2.24, 2.45) is 5.11 Å². The summed E-state index contributed by atoms with van der Waals surface area (Å²) in [4.78, 5) is 2.92. The average Bonchev–Trinajstić information content (AvgIpc) is 2.89. The maximum atomic E-state index is 8.75. The van der Waals surface area contributed by atoms with Crippen molar-refractivity contribution in [2.75, 3.05) is 0 Å². The van der Waals surface area contributed by atoms with Gasteiger partial charge >= 0.3 is 0 Å². The molecule has 1 aromatic heterocycles. The van der Waals surface area contributed by atoms with Gasteiger partial charge in [0.05, 0.1) is 0 Å². The van der Waals surface area contributed by atoms with Crippen molar-refractivity contribution >= 4 is 11.0 Å². The smallest absolute Gasteiger partial charge is 0.134 e. The molecule has 19 heavy (non-hydrogen) atoms. The maximum absolute atomic E-state index is 8.75. The standard InChI is InChI=1S/C15H11N3O/c16-18-17-15(11-6-2-1-3-7-11)14-10-12-8-4-5-9-13(12)19-14/h1-10,15H. The van der Waals surface area contributed by atoms with Crippen LogP contribution in [-0.4, -0.2) is 0 Å². The van der Waals surface area contributed by atoms with Gasteiger partial charge in [-0.05, 0) is 23.2 Å². The van der Waals surface area contributed by atoms with Crippen LogP contribution in [0.15, 0.2) is 70.2 Å². The molecule has 92 valence electrons. The van der Waals surface area contributed by atoms with Crippen molar-refractivity contribution in [3.63, 3.8) is 0 Å². The summed E-state index contributed by atoms with van der Waals surface area (Å²) in [6.07, 6.45) is 0. The third kappa shape index (κ3) is 2.17. The first-order valence-electron chi connectivity index (χ1n) is 5.96. The number of nitrogens with zero attached hydrogens (tertiary/aromatic N) is 3. The van der Waals surface area contributed by atoms with Crippen LogP contribution in [0, 0.1) is 0 Å². The van der Waals surface area contributed by atoms with Crippen molar-refractivity contribution in [1.82, 2.24) is 0 Å². The van der Waals surface area contributed by atoms with E-state index in [1.807, 2.05) is 60.7 Å². The van der Waals surface area contributed by atoms with E-state index in [2.05, 4.69) is 10.0 Å². The van der Waals surface area contributed by atoms with E-state index in [0.29, 0.717) is 5.76 Å².